The van der Waals surface area contributed by atoms with E-state index in [2.05, 4.69) is 20.9 Å². The topological polar surface area (TPSA) is 56.4 Å². The van der Waals surface area contributed by atoms with E-state index < -0.39 is 0 Å². The van der Waals surface area contributed by atoms with Gasteiger partial charge in [0.15, 0.2) is 5.11 Å². The number of thiocarbonyl (C=S) groups is 1. The molecule has 0 radical (unpaired) electrons. The number of hydrogen-bond donors (Lipinski definition) is 3. The minimum absolute atomic E-state index is 0.0213. The van der Waals surface area contributed by atoms with Crippen LogP contribution in [0.2, 0.25) is 0 Å². The fourth-order valence-corrected chi connectivity index (χ4v) is 3.87. The second-order valence-corrected chi connectivity index (χ2v) is 8.04. The Bertz CT molecular complexity index is 877. The highest BCUT2D eigenvalue weighted by atomic mass is 32.1. The van der Waals surface area contributed by atoms with Crippen LogP contribution in [0.1, 0.15) is 36.0 Å². The number of hydrogen-bond acceptors (Lipinski definition) is 3. The fourth-order valence-electron chi connectivity index (χ4n) is 3.58. The smallest absolute Gasteiger partial charge is 0.253 e. The zero-order chi connectivity index (χ0) is 20.2. The summed E-state index contributed by atoms with van der Waals surface area (Å²) in [4.78, 5) is 14.8. The largest absolute Gasteiger partial charge is 0.371 e. The van der Waals surface area contributed by atoms with Crippen molar-refractivity contribution in [3.63, 3.8) is 0 Å². The molecular formula is C22H25FN4OS. The summed E-state index contributed by atoms with van der Waals surface area (Å²) < 4.78 is 13.0. The number of carbonyl (C=O) groups excluding carboxylic acids is 1. The molecule has 152 valence electrons. The molecule has 3 N–H and O–H groups in total. The molecule has 2 aromatic carbocycles. The molecule has 1 aliphatic carbocycles. The maximum atomic E-state index is 13.0. The van der Waals surface area contributed by atoms with Crippen LogP contribution in [0.3, 0.4) is 0 Å². The van der Waals surface area contributed by atoms with Gasteiger partial charge in [0.25, 0.3) is 5.91 Å². The standard InChI is InChI=1S/C22H25FN4OS/c23-15-5-7-17(8-6-15)25-22(29)26-18-11-13-27(14-12-18)20-4-2-1-3-19(20)21(28)24-16-9-10-16/h1-8,16,18H,9-14H2,(H,24,28)(H2,25,26,29). The molecule has 0 spiro atoms. The number of piperidine rings is 1. The maximum absolute atomic E-state index is 13.0. The summed E-state index contributed by atoms with van der Waals surface area (Å²) in [5.41, 5.74) is 2.51. The molecule has 1 aliphatic heterocycles. The first-order chi connectivity index (χ1) is 14.1. The van der Waals surface area contributed by atoms with Gasteiger partial charge in [-0.15, -0.1) is 0 Å². The Balaban J connectivity index is 1.31. The first kappa shape index (κ1) is 19.6. The van der Waals surface area contributed by atoms with Crippen LogP contribution in [0, 0.1) is 5.82 Å². The third-order valence-corrected chi connectivity index (χ3v) is 5.55. The Morgan fingerprint density at radius 3 is 2.28 bits per heavy atom. The van der Waals surface area contributed by atoms with Crippen molar-refractivity contribution in [2.75, 3.05) is 23.3 Å². The van der Waals surface area contributed by atoms with Crippen LogP contribution < -0.4 is 20.9 Å². The van der Waals surface area contributed by atoms with E-state index in [-0.39, 0.29) is 17.8 Å². The molecule has 5 nitrogen and oxygen atoms in total. The van der Waals surface area contributed by atoms with E-state index in [1.807, 2.05) is 24.3 Å². The van der Waals surface area contributed by atoms with Gasteiger partial charge >= 0.3 is 0 Å². The number of nitrogens with zero attached hydrogens (tertiary/aromatic N) is 1. The molecule has 2 aromatic rings. The molecule has 2 fully saturated rings. The lowest BCUT2D eigenvalue weighted by molar-refractivity contribution is 0.0951. The molecule has 4 rings (SSSR count). The summed E-state index contributed by atoms with van der Waals surface area (Å²) in [6.45, 7) is 1.70. The second kappa shape index (κ2) is 8.78. The lowest BCUT2D eigenvalue weighted by Crippen LogP contribution is -2.46. The minimum Gasteiger partial charge on any atom is -0.371 e. The van der Waals surface area contributed by atoms with Crippen LogP contribution in [0.5, 0.6) is 0 Å². The van der Waals surface area contributed by atoms with Crippen LogP contribution >= 0.6 is 12.2 Å². The van der Waals surface area contributed by atoms with Crippen LogP contribution in [0.25, 0.3) is 0 Å². The molecular weight excluding hydrogens is 387 g/mol. The fraction of sp³-hybridized carbons (Fsp3) is 0.364. The summed E-state index contributed by atoms with van der Waals surface area (Å²) >= 11 is 5.39. The number of carbonyl (C=O) groups is 1. The van der Waals surface area contributed by atoms with Gasteiger partial charge in [0.05, 0.1) is 5.56 Å². The summed E-state index contributed by atoms with van der Waals surface area (Å²) in [5.74, 6) is -0.249. The molecule has 1 saturated heterocycles. The van der Waals surface area contributed by atoms with Crippen molar-refractivity contribution >= 4 is 34.6 Å². The normalized spacial score (nSPS) is 16.9. The van der Waals surface area contributed by atoms with Crippen LogP contribution in [-0.4, -0.2) is 36.2 Å². The Hall–Kier alpha value is -2.67. The monoisotopic (exact) mass is 412 g/mol. The van der Waals surface area contributed by atoms with E-state index >= 15 is 0 Å². The Labute approximate surface area is 175 Å². The molecule has 0 unspecified atom stereocenters. The number of halogens is 1. The van der Waals surface area contributed by atoms with Gasteiger partial charge in [-0.1, -0.05) is 12.1 Å². The first-order valence-electron chi connectivity index (χ1n) is 10.1. The number of anilines is 2. The van der Waals surface area contributed by atoms with Crippen molar-refractivity contribution in [1.82, 2.24) is 10.6 Å². The van der Waals surface area contributed by atoms with E-state index in [0.29, 0.717) is 11.2 Å². The molecule has 0 atom stereocenters. The summed E-state index contributed by atoms with van der Waals surface area (Å²) in [7, 11) is 0. The van der Waals surface area contributed by atoms with Gasteiger partial charge < -0.3 is 20.9 Å². The minimum atomic E-state index is -0.270. The van der Waals surface area contributed by atoms with E-state index in [4.69, 9.17) is 12.2 Å². The quantitative estimate of drug-likeness (QED) is 0.654. The van der Waals surface area contributed by atoms with E-state index in [1.54, 1.807) is 12.1 Å². The molecule has 29 heavy (non-hydrogen) atoms. The van der Waals surface area contributed by atoms with Gasteiger partial charge in [-0.3, -0.25) is 4.79 Å². The highest BCUT2D eigenvalue weighted by molar-refractivity contribution is 7.80. The average Bonchev–Trinajstić information content (AvgIpc) is 3.54. The third-order valence-electron chi connectivity index (χ3n) is 5.33. The molecule has 1 heterocycles. The van der Waals surface area contributed by atoms with E-state index in [0.717, 1.165) is 55.7 Å². The predicted molar refractivity (Wildman–Crippen MR) is 118 cm³/mol. The highest BCUT2D eigenvalue weighted by Crippen LogP contribution is 2.26. The van der Waals surface area contributed by atoms with Gasteiger partial charge in [-0.05, 0) is 74.3 Å². The average molecular weight is 413 g/mol. The van der Waals surface area contributed by atoms with Crippen molar-refractivity contribution in [2.24, 2.45) is 0 Å². The van der Waals surface area contributed by atoms with E-state index in [9.17, 15) is 9.18 Å². The molecule has 1 saturated carbocycles. The van der Waals surface area contributed by atoms with Gasteiger partial charge in [-0.2, -0.15) is 0 Å². The molecule has 0 bridgehead atoms. The molecule has 2 aliphatic rings. The third kappa shape index (κ3) is 5.23. The van der Waals surface area contributed by atoms with Crippen molar-refractivity contribution in [3.8, 4) is 0 Å². The lowest BCUT2D eigenvalue weighted by Gasteiger charge is -2.35. The Kier molecular flexibility index (Phi) is 5.94. The van der Waals surface area contributed by atoms with Crippen molar-refractivity contribution in [1.29, 1.82) is 0 Å². The number of benzene rings is 2. The van der Waals surface area contributed by atoms with Gasteiger partial charge in [0.1, 0.15) is 5.82 Å². The molecule has 7 heteroatoms. The van der Waals surface area contributed by atoms with Gasteiger partial charge in [0.2, 0.25) is 0 Å². The summed E-state index contributed by atoms with van der Waals surface area (Å²) in [6, 6.07) is 14.6. The van der Waals surface area contributed by atoms with Crippen molar-refractivity contribution < 1.29 is 9.18 Å². The molecule has 0 aromatic heterocycles. The SMILES string of the molecule is O=C(NC1CC1)c1ccccc1N1CCC(NC(=S)Nc2ccc(F)cc2)CC1. The summed E-state index contributed by atoms with van der Waals surface area (Å²) in [5, 5.41) is 10.1. The number of para-hydroxylation sites is 1. The lowest BCUT2D eigenvalue weighted by atomic mass is 10.0. The Morgan fingerprint density at radius 1 is 0.931 bits per heavy atom. The Morgan fingerprint density at radius 2 is 1.59 bits per heavy atom. The van der Waals surface area contributed by atoms with Gasteiger partial charge in [-0.25, -0.2) is 4.39 Å². The van der Waals surface area contributed by atoms with Crippen LogP contribution in [0.4, 0.5) is 15.8 Å². The van der Waals surface area contributed by atoms with Crippen LogP contribution in [-0.2, 0) is 0 Å². The van der Waals surface area contributed by atoms with Gasteiger partial charge in [0, 0.05) is 36.5 Å². The first-order valence-corrected chi connectivity index (χ1v) is 10.5. The molecule has 1 amide bonds. The number of rotatable bonds is 5. The maximum Gasteiger partial charge on any atom is 0.253 e. The van der Waals surface area contributed by atoms with E-state index in [1.165, 1.54) is 12.1 Å². The second-order valence-electron chi connectivity index (χ2n) is 7.63. The zero-order valence-corrected chi connectivity index (χ0v) is 17.0. The number of nitrogens with one attached hydrogen (secondary N) is 3. The van der Waals surface area contributed by atoms with Crippen LogP contribution in [0.15, 0.2) is 48.5 Å². The summed E-state index contributed by atoms with van der Waals surface area (Å²) in [6.07, 6.45) is 4.00. The highest BCUT2D eigenvalue weighted by Gasteiger charge is 2.27. The van der Waals surface area contributed by atoms with Crippen molar-refractivity contribution in [3.05, 3.63) is 59.9 Å². The predicted octanol–water partition coefficient (Wildman–Crippen LogP) is 3.67. The zero-order valence-electron chi connectivity index (χ0n) is 16.2. The van der Waals surface area contributed by atoms with Crippen molar-refractivity contribution in [2.45, 2.75) is 37.8 Å². The number of amides is 1.